The predicted octanol–water partition coefficient (Wildman–Crippen LogP) is 0.555. The Morgan fingerprint density at radius 1 is 1.50 bits per heavy atom. The average Bonchev–Trinajstić information content (AvgIpc) is 2.96. The van der Waals surface area contributed by atoms with Crippen LogP contribution in [0.5, 0.6) is 0 Å². The van der Waals surface area contributed by atoms with Gasteiger partial charge in [-0.1, -0.05) is 5.10 Å². The minimum Gasteiger partial charge on any atom is -0.408 e. The van der Waals surface area contributed by atoms with E-state index in [4.69, 9.17) is 10.2 Å². The van der Waals surface area contributed by atoms with Crippen LogP contribution < -0.4 is 11.1 Å². The van der Waals surface area contributed by atoms with Crippen LogP contribution in [0.3, 0.4) is 0 Å². The minimum absolute atomic E-state index is 0.110. The van der Waals surface area contributed by atoms with E-state index in [1.807, 2.05) is 6.92 Å². The van der Waals surface area contributed by atoms with Crippen LogP contribution in [0.15, 0.2) is 4.42 Å². The van der Waals surface area contributed by atoms with Crippen molar-refractivity contribution in [3.63, 3.8) is 0 Å². The maximum absolute atomic E-state index is 11.9. The van der Waals surface area contributed by atoms with Crippen molar-refractivity contribution in [1.29, 1.82) is 0 Å². The number of likely N-dealkylation sites (tertiary alicyclic amines) is 1. The first-order valence-corrected chi connectivity index (χ1v) is 7.23. The molecule has 2 fully saturated rings. The Hall–Kier alpha value is -1.47. The second kappa shape index (κ2) is 5.49. The van der Waals surface area contributed by atoms with Crippen molar-refractivity contribution in [3.05, 3.63) is 5.89 Å². The summed E-state index contributed by atoms with van der Waals surface area (Å²) in [4.78, 5) is 14.0. The van der Waals surface area contributed by atoms with Gasteiger partial charge in [-0.2, -0.15) is 0 Å². The van der Waals surface area contributed by atoms with Gasteiger partial charge in [0.1, 0.15) is 0 Å². The van der Waals surface area contributed by atoms with Gasteiger partial charge in [-0.15, -0.1) is 5.10 Å². The summed E-state index contributed by atoms with van der Waals surface area (Å²) < 4.78 is 5.41. The molecule has 1 aliphatic heterocycles. The minimum atomic E-state index is -0.110. The average molecular weight is 279 g/mol. The van der Waals surface area contributed by atoms with Crippen LogP contribution >= 0.6 is 0 Å². The number of amides is 1. The monoisotopic (exact) mass is 279 g/mol. The van der Waals surface area contributed by atoms with Crippen molar-refractivity contribution in [2.75, 3.05) is 25.0 Å². The van der Waals surface area contributed by atoms with E-state index in [1.54, 1.807) is 0 Å². The van der Waals surface area contributed by atoms with Crippen molar-refractivity contribution < 1.29 is 9.21 Å². The van der Waals surface area contributed by atoms with Gasteiger partial charge in [0.2, 0.25) is 11.8 Å². The number of nitrogens with one attached hydrogen (secondary N) is 1. The largest absolute Gasteiger partial charge is 0.408 e. The molecule has 1 amide bonds. The third-order valence-electron chi connectivity index (χ3n) is 4.03. The lowest BCUT2D eigenvalue weighted by atomic mass is 10.0. The van der Waals surface area contributed by atoms with Crippen LogP contribution in [-0.4, -0.2) is 46.7 Å². The molecule has 2 heterocycles. The second-order valence-corrected chi connectivity index (χ2v) is 5.91. The van der Waals surface area contributed by atoms with Gasteiger partial charge in [-0.05, 0) is 38.6 Å². The Morgan fingerprint density at radius 2 is 2.30 bits per heavy atom. The zero-order valence-corrected chi connectivity index (χ0v) is 11.7. The molecule has 3 rings (SSSR count). The molecular formula is C13H21N5O2. The van der Waals surface area contributed by atoms with Crippen LogP contribution in [0.2, 0.25) is 0 Å². The van der Waals surface area contributed by atoms with Gasteiger partial charge in [0.05, 0.1) is 6.54 Å². The second-order valence-electron chi connectivity index (χ2n) is 5.91. The molecule has 0 spiro atoms. The summed E-state index contributed by atoms with van der Waals surface area (Å²) in [5.41, 5.74) is 5.89. The standard InChI is InChI=1S/C13H21N5O2/c1-8(14)10-4-5-18(6-10)7-11(19)15-13-17-16-12(20-13)9-2-3-9/h8-10H,2-7,14H2,1H3,(H,15,17,19). The Kier molecular flexibility index (Phi) is 3.71. The molecular weight excluding hydrogens is 258 g/mol. The summed E-state index contributed by atoms with van der Waals surface area (Å²) in [6.45, 7) is 4.16. The summed E-state index contributed by atoms with van der Waals surface area (Å²) in [5.74, 6) is 1.41. The molecule has 1 aromatic heterocycles. The molecule has 0 radical (unpaired) electrons. The summed E-state index contributed by atoms with van der Waals surface area (Å²) >= 11 is 0. The molecule has 110 valence electrons. The summed E-state index contributed by atoms with van der Waals surface area (Å²) in [6.07, 6.45) is 3.25. The van der Waals surface area contributed by atoms with Crippen molar-refractivity contribution in [1.82, 2.24) is 15.1 Å². The van der Waals surface area contributed by atoms with E-state index in [9.17, 15) is 4.79 Å². The van der Waals surface area contributed by atoms with Crippen LogP contribution in [0.4, 0.5) is 6.01 Å². The molecule has 2 atom stereocenters. The van der Waals surface area contributed by atoms with Gasteiger partial charge in [0, 0.05) is 18.5 Å². The number of hydrogen-bond acceptors (Lipinski definition) is 6. The van der Waals surface area contributed by atoms with E-state index >= 15 is 0 Å². The number of anilines is 1. The molecule has 7 heteroatoms. The fourth-order valence-corrected chi connectivity index (χ4v) is 2.58. The van der Waals surface area contributed by atoms with E-state index in [0.29, 0.717) is 24.3 Å². The van der Waals surface area contributed by atoms with Crippen LogP contribution in [0.25, 0.3) is 0 Å². The Bertz CT molecular complexity index is 483. The normalized spacial score (nSPS) is 24.8. The van der Waals surface area contributed by atoms with Gasteiger partial charge < -0.3 is 10.2 Å². The Morgan fingerprint density at radius 3 is 2.95 bits per heavy atom. The quantitative estimate of drug-likeness (QED) is 0.817. The van der Waals surface area contributed by atoms with E-state index in [-0.39, 0.29) is 18.0 Å². The van der Waals surface area contributed by atoms with Gasteiger partial charge in [-0.3, -0.25) is 15.0 Å². The lowest BCUT2D eigenvalue weighted by Crippen LogP contribution is -2.34. The molecule has 1 saturated carbocycles. The number of nitrogens with two attached hydrogens (primary N) is 1. The van der Waals surface area contributed by atoms with Gasteiger partial charge >= 0.3 is 6.01 Å². The first kappa shape index (κ1) is 13.5. The summed E-state index contributed by atoms with van der Waals surface area (Å²) in [6, 6.07) is 0.389. The number of nitrogens with zero attached hydrogens (tertiary/aromatic N) is 3. The summed E-state index contributed by atoms with van der Waals surface area (Å²) in [5, 5.41) is 10.4. The topological polar surface area (TPSA) is 97.3 Å². The lowest BCUT2D eigenvalue weighted by molar-refractivity contribution is -0.117. The number of hydrogen-bond donors (Lipinski definition) is 2. The molecule has 7 nitrogen and oxygen atoms in total. The van der Waals surface area contributed by atoms with Gasteiger partial charge in [0.25, 0.3) is 0 Å². The van der Waals surface area contributed by atoms with Crippen molar-refractivity contribution in [2.24, 2.45) is 11.7 Å². The smallest absolute Gasteiger partial charge is 0.322 e. The first-order chi connectivity index (χ1) is 9.61. The molecule has 0 bridgehead atoms. The first-order valence-electron chi connectivity index (χ1n) is 7.23. The molecule has 1 aliphatic carbocycles. The van der Waals surface area contributed by atoms with E-state index in [0.717, 1.165) is 32.4 Å². The molecule has 20 heavy (non-hydrogen) atoms. The van der Waals surface area contributed by atoms with Crippen molar-refractivity contribution >= 4 is 11.9 Å². The highest BCUT2D eigenvalue weighted by Crippen LogP contribution is 2.39. The molecule has 2 aliphatic rings. The van der Waals surface area contributed by atoms with E-state index in [1.165, 1.54) is 0 Å². The zero-order valence-electron chi connectivity index (χ0n) is 11.7. The molecule has 2 unspecified atom stereocenters. The number of rotatable bonds is 5. The highest BCUT2D eigenvalue weighted by molar-refractivity contribution is 5.90. The molecule has 1 aromatic rings. The SMILES string of the molecule is CC(N)C1CCN(CC(=O)Nc2nnc(C3CC3)o2)C1. The third-order valence-corrected chi connectivity index (χ3v) is 4.03. The summed E-state index contributed by atoms with van der Waals surface area (Å²) in [7, 11) is 0. The zero-order chi connectivity index (χ0) is 14.1. The van der Waals surface area contributed by atoms with Crippen molar-refractivity contribution in [2.45, 2.75) is 38.1 Å². The van der Waals surface area contributed by atoms with Crippen LogP contribution in [0.1, 0.15) is 38.0 Å². The Balaban J connectivity index is 1.47. The highest BCUT2D eigenvalue weighted by atomic mass is 16.4. The molecule has 1 saturated heterocycles. The van der Waals surface area contributed by atoms with Crippen LogP contribution in [0, 0.1) is 5.92 Å². The lowest BCUT2D eigenvalue weighted by Gasteiger charge is -2.16. The third kappa shape index (κ3) is 3.16. The number of aromatic nitrogens is 2. The number of carbonyl (C=O) groups excluding carboxylic acids is 1. The van der Waals surface area contributed by atoms with Gasteiger partial charge in [-0.25, -0.2) is 0 Å². The Labute approximate surface area is 117 Å². The van der Waals surface area contributed by atoms with Gasteiger partial charge in [0.15, 0.2) is 0 Å². The van der Waals surface area contributed by atoms with E-state index < -0.39 is 0 Å². The molecule has 0 aromatic carbocycles. The fourth-order valence-electron chi connectivity index (χ4n) is 2.58. The van der Waals surface area contributed by atoms with E-state index in [2.05, 4.69) is 20.4 Å². The van der Waals surface area contributed by atoms with Crippen LogP contribution in [-0.2, 0) is 4.79 Å². The maximum atomic E-state index is 11.9. The fraction of sp³-hybridized carbons (Fsp3) is 0.769. The maximum Gasteiger partial charge on any atom is 0.322 e. The number of carbonyl (C=O) groups is 1. The van der Waals surface area contributed by atoms with Crippen molar-refractivity contribution in [3.8, 4) is 0 Å². The predicted molar refractivity (Wildman–Crippen MR) is 73.1 cm³/mol. The highest BCUT2D eigenvalue weighted by Gasteiger charge is 2.30. The molecule has 3 N–H and O–H groups in total.